The predicted molar refractivity (Wildman–Crippen MR) is 102 cm³/mol. The zero-order chi connectivity index (χ0) is 17.4. The lowest BCUT2D eigenvalue weighted by molar-refractivity contribution is 0.0527. The molecule has 0 aliphatic carbocycles. The van der Waals surface area contributed by atoms with Gasteiger partial charge < -0.3 is 9.72 Å². The molecule has 0 bridgehead atoms. The van der Waals surface area contributed by atoms with Crippen molar-refractivity contribution in [2.24, 2.45) is 0 Å². The second kappa shape index (κ2) is 6.10. The van der Waals surface area contributed by atoms with E-state index in [0.29, 0.717) is 12.2 Å². The number of ether oxygens (including phenoxy) is 1. The van der Waals surface area contributed by atoms with Crippen molar-refractivity contribution >= 4 is 27.8 Å². The molecule has 1 N–H and O–H groups in total. The van der Waals surface area contributed by atoms with E-state index in [1.54, 1.807) is 0 Å². The van der Waals surface area contributed by atoms with Crippen molar-refractivity contribution in [1.82, 2.24) is 4.98 Å². The molecule has 0 aliphatic rings. The van der Waals surface area contributed by atoms with E-state index in [9.17, 15) is 4.79 Å². The number of nitrogens with one attached hydrogen (secondary N) is 1. The molecule has 0 radical (unpaired) electrons. The minimum absolute atomic E-state index is 0.287. The van der Waals surface area contributed by atoms with Gasteiger partial charge in [0.15, 0.2) is 0 Å². The first-order valence-electron chi connectivity index (χ1n) is 8.47. The van der Waals surface area contributed by atoms with E-state index < -0.39 is 0 Å². The van der Waals surface area contributed by atoms with Crippen LogP contribution >= 0.6 is 0 Å². The second-order valence-corrected chi connectivity index (χ2v) is 6.12. The number of fused-ring (bicyclic) bond motifs is 3. The molecule has 124 valence electrons. The highest BCUT2D eigenvalue weighted by Gasteiger charge is 2.21. The van der Waals surface area contributed by atoms with Gasteiger partial charge in [0.1, 0.15) is 0 Å². The highest BCUT2D eigenvalue weighted by Crippen LogP contribution is 2.38. The minimum Gasteiger partial charge on any atom is -0.462 e. The lowest BCUT2D eigenvalue weighted by Gasteiger charge is -2.13. The summed E-state index contributed by atoms with van der Waals surface area (Å²) in [5.41, 5.74) is 5.62. The summed E-state index contributed by atoms with van der Waals surface area (Å²) in [6.07, 6.45) is 0. The molecule has 4 aromatic rings. The Hall–Kier alpha value is -3.07. The van der Waals surface area contributed by atoms with Crippen molar-refractivity contribution in [2.45, 2.75) is 13.8 Å². The number of hydrogen-bond acceptors (Lipinski definition) is 2. The first-order valence-corrected chi connectivity index (χ1v) is 8.47. The van der Waals surface area contributed by atoms with E-state index in [1.165, 1.54) is 5.39 Å². The number of aromatic nitrogens is 1. The highest BCUT2D eigenvalue weighted by atomic mass is 16.5. The maximum atomic E-state index is 12.6. The summed E-state index contributed by atoms with van der Waals surface area (Å²) in [6.45, 7) is 4.23. The summed E-state index contributed by atoms with van der Waals surface area (Å²) in [5, 5.41) is 2.32. The van der Waals surface area contributed by atoms with Crippen molar-refractivity contribution in [3.8, 4) is 11.1 Å². The Balaban J connectivity index is 2.15. The zero-order valence-electron chi connectivity index (χ0n) is 14.3. The molecule has 1 aromatic heterocycles. The van der Waals surface area contributed by atoms with E-state index in [0.717, 1.165) is 33.1 Å². The number of para-hydroxylation sites is 1. The van der Waals surface area contributed by atoms with E-state index in [4.69, 9.17) is 4.74 Å². The molecule has 1 heterocycles. The molecule has 0 amide bonds. The van der Waals surface area contributed by atoms with Gasteiger partial charge in [0.25, 0.3) is 0 Å². The van der Waals surface area contributed by atoms with Crippen LogP contribution in [0.3, 0.4) is 0 Å². The topological polar surface area (TPSA) is 42.1 Å². The fourth-order valence-electron chi connectivity index (χ4n) is 3.51. The first-order chi connectivity index (χ1) is 12.2. The number of esters is 1. The molecule has 3 heteroatoms. The lowest BCUT2D eigenvalue weighted by Crippen LogP contribution is -2.07. The highest BCUT2D eigenvalue weighted by molar-refractivity contribution is 6.17. The Kier molecular flexibility index (Phi) is 3.77. The number of H-pyrrole nitrogens is 1. The number of aryl methyl sites for hydroxylation is 1. The van der Waals surface area contributed by atoms with Gasteiger partial charge in [-0.2, -0.15) is 0 Å². The van der Waals surface area contributed by atoms with Gasteiger partial charge in [0, 0.05) is 21.9 Å². The summed E-state index contributed by atoms with van der Waals surface area (Å²) in [4.78, 5) is 16.1. The van der Waals surface area contributed by atoms with Crippen LogP contribution in [0.4, 0.5) is 0 Å². The number of hydrogen-bond donors (Lipinski definition) is 1. The SMILES string of the molecule is CCOC(=O)c1cc(C)c2c([nH]c3ccccc32)c1-c1ccccc1. The summed E-state index contributed by atoms with van der Waals surface area (Å²) >= 11 is 0. The van der Waals surface area contributed by atoms with Gasteiger partial charge in [0.2, 0.25) is 0 Å². The third kappa shape index (κ3) is 2.49. The molecule has 0 aliphatic heterocycles. The monoisotopic (exact) mass is 329 g/mol. The Morgan fingerprint density at radius 3 is 2.52 bits per heavy atom. The quantitative estimate of drug-likeness (QED) is 0.506. The van der Waals surface area contributed by atoms with Gasteiger partial charge in [-0.15, -0.1) is 0 Å². The first kappa shape index (κ1) is 15.5. The Morgan fingerprint density at radius 1 is 1.04 bits per heavy atom. The molecule has 3 nitrogen and oxygen atoms in total. The summed E-state index contributed by atoms with van der Waals surface area (Å²) in [6, 6.07) is 20.2. The molecule has 0 atom stereocenters. The third-order valence-corrected chi connectivity index (χ3v) is 4.54. The number of carbonyl (C=O) groups is 1. The van der Waals surface area contributed by atoms with Crippen LogP contribution in [0.15, 0.2) is 60.7 Å². The van der Waals surface area contributed by atoms with Gasteiger partial charge in [-0.1, -0.05) is 48.5 Å². The largest absolute Gasteiger partial charge is 0.462 e. The average Bonchev–Trinajstić information content (AvgIpc) is 3.02. The molecule has 25 heavy (non-hydrogen) atoms. The Morgan fingerprint density at radius 2 is 1.76 bits per heavy atom. The molecule has 4 rings (SSSR count). The zero-order valence-corrected chi connectivity index (χ0v) is 14.3. The fourth-order valence-corrected chi connectivity index (χ4v) is 3.51. The summed E-state index contributed by atoms with van der Waals surface area (Å²) in [7, 11) is 0. The van der Waals surface area contributed by atoms with Crippen LogP contribution in [0.25, 0.3) is 32.9 Å². The molecule has 0 saturated heterocycles. The average molecular weight is 329 g/mol. The maximum Gasteiger partial charge on any atom is 0.338 e. The van der Waals surface area contributed by atoms with Gasteiger partial charge in [-0.3, -0.25) is 0 Å². The van der Waals surface area contributed by atoms with Gasteiger partial charge in [0.05, 0.1) is 17.7 Å². The number of carbonyl (C=O) groups excluding carboxylic acids is 1. The molecular weight excluding hydrogens is 310 g/mol. The van der Waals surface area contributed by atoms with Crippen LogP contribution in [0.2, 0.25) is 0 Å². The third-order valence-electron chi connectivity index (χ3n) is 4.54. The van der Waals surface area contributed by atoms with E-state index in [1.807, 2.05) is 62.4 Å². The van der Waals surface area contributed by atoms with Crippen LogP contribution in [-0.4, -0.2) is 17.6 Å². The molecule has 0 saturated carbocycles. The molecule has 3 aromatic carbocycles. The lowest BCUT2D eigenvalue weighted by atomic mass is 9.93. The summed E-state index contributed by atoms with van der Waals surface area (Å²) in [5.74, 6) is -0.287. The van der Waals surface area contributed by atoms with Crippen LogP contribution in [0.5, 0.6) is 0 Å². The molecular formula is C22H19NO2. The summed E-state index contributed by atoms with van der Waals surface area (Å²) < 4.78 is 5.32. The smallest absolute Gasteiger partial charge is 0.338 e. The predicted octanol–water partition coefficient (Wildman–Crippen LogP) is 5.47. The minimum atomic E-state index is -0.287. The van der Waals surface area contributed by atoms with E-state index in [-0.39, 0.29) is 5.97 Å². The number of aromatic amines is 1. The number of rotatable bonds is 3. The van der Waals surface area contributed by atoms with Crippen LogP contribution in [0.1, 0.15) is 22.8 Å². The number of benzene rings is 3. The standard InChI is InChI=1S/C22H19NO2/c1-3-25-22(24)17-13-14(2)19-16-11-7-8-12-18(16)23-21(19)20(17)15-9-5-4-6-10-15/h4-13,23H,3H2,1-2H3. The van der Waals surface area contributed by atoms with Crippen molar-refractivity contribution < 1.29 is 9.53 Å². The Labute approximate surface area is 146 Å². The van der Waals surface area contributed by atoms with Crippen LogP contribution in [0, 0.1) is 6.92 Å². The van der Waals surface area contributed by atoms with Crippen LogP contribution in [-0.2, 0) is 4.74 Å². The molecule has 0 spiro atoms. The van der Waals surface area contributed by atoms with Crippen molar-refractivity contribution in [3.63, 3.8) is 0 Å². The maximum absolute atomic E-state index is 12.6. The second-order valence-electron chi connectivity index (χ2n) is 6.12. The van der Waals surface area contributed by atoms with E-state index >= 15 is 0 Å². The van der Waals surface area contributed by atoms with E-state index in [2.05, 4.69) is 17.1 Å². The molecule has 0 unspecified atom stereocenters. The normalized spacial score (nSPS) is 11.1. The molecule has 0 fully saturated rings. The van der Waals surface area contributed by atoms with Gasteiger partial charge >= 0.3 is 5.97 Å². The van der Waals surface area contributed by atoms with Crippen molar-refractivity contribution in [2.75, 3.05) is 6.61 Å². The Bertz CT molecular complexity index is 1080. The van der Waals surface area contributed by atoms with Crippen LogP contribution < -0.4 is 0 Å². The fraction of sp³-hybridized carbons (Fsp3) is 0.136. The van der Waals surface area contributed by atoms with Gasteiger partial charge in [-0.05, 0) is 37.1 Å². The van der Waals surface area contributed by atoms with Crippen molar-refractivity contribution in [3.05, 3.63) is 71.8 Å². The van der Waals surface area contributed by atoms with Gasteiger partial charge in [-0.25, -0.2) is 4.79 Å². The van der Waals surface area contributed by atoms with Crippen molar-refractivity contribution in [1.29, 1.82) is 0 Å².